The molecule has 0 saturated heterocycles. The van der Waals surface area contributed by atoms with Crippen LogP contribution in [0.3, 0.4) is 0 Å². The summed E-state index contributed by atoms with van der Waals surface area (Å²) in [5.41, 5.74) is 2.28. The first kappa shape index (κ1) is 19.9. The zero-order chi connectivity index (χ0) is 19.0. The van der Waals surface area contributed by atoms with Crippen LogP contribution in [-0.2, 0) is 12.2 Å². The van der Waals surface area contributed by atoms with Crippen LogP contribution in [0.4, 0.5) is 0 Å². The zero-order valence-corrected chi connectivity index (χ0v) is 16.8. The molecule has 146 valence electrons. The number of hydrogen-bond donors (Lipinski definition) is 2. The van der Waals surface area contributed by atoms with E-state index in [1.807, 2.05) is 12.1 Å². The largest absolute Gasteiger partial charge is 0.496 e. The Kier molecular flexibility index (Phi) is 7.31. The van der Waals surface area contributed by atoms with E-state index in [4.69, 9.17) is 4.74 Å². The predicted octanol–water partition coefficient (Wildman–Crippen LogP) is 5.36. The van der Waals surface area contributed by atoms with Gasteiger partial charge in [0.05, 0.1) is 12.8 Å². The Morgan fingerprint density at radius 2 is 1.59 bits per heavy atom. The van der Waals surface area contributed by atoms with Gasteiger partial charge in [-0.3, -0.25) is 10.6 Å². The van der Waals surface area contributed by atoms with E-state index in [0.29, 0.717) is 6.04 Å². The highest BCUT2D eigenvalue weighted by Crippen LogP contribution is 2.28. The molecule has 3 rings (SSSR count). The number of para-hydroxylation sites is 1. The Labute approximate surface area is 164 Å². The average molecular weight is 367 g/mol. The van der Waals surface area contributed by atoms with Crippen LogP contribution in [0.25, 0.3) is 0 Å². The number of hydrogen-bond acceptors (Lipinski definition) is 3. The summed E-state index contributed by atoms with van der Waals surface area (Å²) in [5.74, 6) is 0.942. The van der Waals surface area contributed by atoms with E-state index < -0.39 is 0 Å². The summed E-state index contributed by atoms with van der Waals surface area (Å²) < 4.78 is 5.56. The molecule has 3 nitrogen and oxygen atoms in total. The maximum Gasteiger partial charge on any atom is 0.123 e. The molecule has 0 spiro atoms. The number of nitrogens with one attached hydrogen (secondary N) is 2. The molecule has 2 N–H and O–H groups in total. The molecule has 1 aliphatic rings. The van der Waals surface area contributed by atoms with Crippen molar-refractivity contribution in [3.05, 3.63) is 65.7 Å². The zero-order valence-electron chi connectivity index (χ0n) is 16.8. The Balaban J connectivity index is 1.84. The third-order valence-electron chi connectivity index (χ3n) is 5.88. The highest BCUT2D eigenvalue weighted by molar-refractivity contribution is 5.33. The minimum Gasteiger partial charge on any atom is -0.496 e. The second-order valence-corrected chi connectivity index (χ2v) is 7.62. The SMILES string of the molecule is CC[C@](NCc1ccccc1OC)(NC1CCCCCC1)c1ccccc1. The lowest BCUT2D eigenvalue weighted by Gasteiger charge is -2.39. The summed E-state index contributed by atoms with van der Waals surface area (Å²) in [6, 6.07) is 19.7. The summed E-state index contributed by atoms with van der Waals surface area (Å²) in [5, 5.41) is 7.90. The molecule has 1 saturated carbocycles. The van der Waals surface area contributed by atoms with Crippen molar-refractivity contribution in [2.24, 2.45) is 0 Å². The van der Waals surface area contributed by atoms with E-state index in [1.165, 1.54) is 49.7 Å². The van der Waals surface area contributed by atoms with E-state index in [2.05, 4.69) is 60.0 Å². The average Bonchev–Trinajstić information content (AvgIpc) is 3.00. The summed E-state index contributed by atoms with van der Waals surface area (Å²) in [6.45, 7) is 3.04. The molecule has 0 heterocycles. The predicted molar refractivity (Wildman–Crippen MR) is 113 cm³/mol. The van der Waals surface area contributed by atoms with E-state index in [-0.39, 0.29) is 5.66 Å². The number of methoxy groups -OCH3 is 1. The molecule has 3 heteroatoms. The fourth-order valence-corrected chi connectivity index (χ4v) is 4.26. The van der Waals surface area contributed by atoms with Crippen molar-refractivity contribution < 1.29 is 4.74 Å². The van der Waals surface area contributed by atoms with Gasteiger partial charge in [0.1, 0.15) is 5.75 Å². The second-order valence-electron chi connectivity index (χ2n) is 7.62. The smallest absolute Gasteiger partial charge is 0.123 e. The summed E-state index contributed by atoms with van der Waals surface area (Å²) >= 11 is 0. The molecule has 2 aromatic carbocycles. The fourth-order valence-electron chi connectivity index (χ4n) is 4.26. The van der Waals surface area contributed by atoms with E-state index in [0.717, 1.165) is 18.7 Å². The van der Waals surface area contributed by atoms with Crippen molar-refractivity contribution >= 4 is 0 Å². The third-order valence-corrected chi connectivity index (χ3v) is 5.88. The van der Waals surface area contributed by atoms with E-state index in [1.54, 1.807) is 7.11 Å². The Hall–Kier alpha value is -1.84. The molecule has 1 fully saturated rings. The molecule has 27 heavy (non-hydrogen) atoms. The van der Waals surface area contributed by atoms with E-state index >= 15 is 0 Å². The van der Waals surface area contributed by atoms with Gasteiger partial charge in [0.2, 0.25) is 0 Å². The maximum atomic E-state index is 5.56. The van der Waals surface area contributed by atoms with Crippen LogP contribution in [0.1, 0.15) is 63.0 Å². The van der Waals surface area contributed by atoms with Crippen LogP contribution in [-0.4, -0.2) is 13.2 Å². The van der Waals surface area contributed by atoms with Crippen LogP contribution < -0.4 is 15.4 Å². The molecule has 0 radical (unpaired) electrons. The molecule has 2 aromatic rings. The number of ether oxygens (including phenoxy) is 1. The second kappa shape index (κ2) is 9.91. The highest BCUT2D eigenvalue weighted by atomic mass is 16.5. The first-order valence-corrected chi connectivity index (χ1v) is 10.5. The lowest BCUT2D eigenvalue weighted by molar-refractivity contribution is 0.205. The van der Waals surface area contributed by atoms with Gasteiger partial charge in [-0.1, -0.05) is 81.1 Å². The standard InChI is InChI=1S/C24H34N2O/c1-3-24(21-14-7-6-8-15-21,26-22-16-9-4-5-10-17-22)25-19-20-13-11-12-18-23(20)27-2/h6-8,11-15,18,22,25-26H,3-5,9-10,16-17,19H2,1-2H3/t24-/m0/s1. The van der Waals surface area contributed by atoms with Crippen LogP contribution in [0, 0.1) is 0 Å². The Morgan fingerprint density at radius 3 is 2.26 bits per heavy atom. The van der Waals surface area contributed by atoms with Crippen LogP contribution in [0.2, 0.25) is 0 Å². The summed E-state index contributed by atoms with van der Waals surface area (Å²) in [6.07, 6.45) is 8.94. The molecular weight excluding hydrogens is 332 g/mol. The molecular formula is C24H34N2O. The molecule has 0 unspecified atom stereocenters. The topological polar surface area (TPSA) is 33.3 Å². The highest BCUT2D eigenvalue weighted by Gasteiger charge is 2.32. The van der Waals surface area contributed by atoms with Gasteiger partial charge in [0.25, 0.3) is 0 Å². The van der Waals surface area contributed by atoms with Crippen molar-refractivity contribution in [2.45, 2.75) is 70.1 Å². The van der Waals surface area contributed by atoms with Crippen molar-refractivity contribution in [3.8, 4) is 5.75 Å². The third kappa shape index (κ3) is 5.12. The molecule has 1 aliphatic carbocycles. The first-order chi connectivity index (χ1) is 13.3. The monoisotopic (exact) mass is 366 g/mol. The van der Waals surface area contributed by atoms with Crippen molar-refractivity contribution in [3.63, 3.8) is 0 Å². The first-order valence-electron chi connectivity index (χ1n) is 10.5. The molecule has 0 aromatic heterocycles. The van der Waals surface area contributed by atoms with Gasteiger partial charge in [-0.15, -0.1) is 0 Å². The van der Waals surface area contributed by atoms with Gasteiger partial charge in [-0.05, 0) is 30.9 Å². The van der Waals surface area contributed by atoms with Gasteiger partial charge in [-0.2, -0.15) is 0 Å². The Morgan fingerprint density at radius 1 is 0.926 bits per heavy atom. The van der Waals surface area contributed by atoms with Gasteiger partial charge in [-0.25, -0.2) is 0 Å². The molecule has 0 bridgehead atoms. The lowest BCUT2D eigenvalue weighted by atomic mass is 9.93. The van der Waals surface area contributed by atoms with E-state index in [9.17, 15) is 0 Å². The Bertz CT molecular complexity index is 680. The van der Waals surface area contributed by atoms with Gasteiger partial charge >= 0.3 is 0 Å². The van der Waals surface area contributed by atoms with Crippen LogP contribution >= 0.6 is 0 Å². The number of benzene rings is 2. The normalized spacial score (nSPS) is 17.9. The quantitative estimate of drug-likeness (QED) is 0.487. The van der Waals surface area contributed by atoms with Gasteiger partial charge in [0.15, 0.2) is 0 Å². The van der Waals surface area contributed by atoms with Crippen molar-refractivity contribution in [2.75, 3.05) is 7.11 Å². The fraction of sp³-hybridized carbons (Fsp3) is 0.500. The summed E-state index contributed by atoms with van der Waals surface area (Å²) in [7, 11) is 1.74. The van der Waals surface area contributed by atoms with Crippen LogP contribution in [0.15, 0.2) is 54.6 Å². The molecule has 1 atom stereocenters. The maximum absolute atomic E-state index is 5.56. The van der Waals surface area contributed by atoms with Gasteiger partial charge < -0.3 is 4.74 Å². The molecule has 0 aliphatic heterocycles. The van der Waals surface area contributed by atoms with Crippen molar-refractivity contribution in [1.82, 2.24) is 10.6 Å². The molecule has 0 amide bonds. The van der Waals surface area contributed by atoms with Gasteiger partial charge in [0, 0.05) is 18.2 Å². The lowest BCUT2D eigenvalue weighted by Crippen LogP contribution is -2.56. The van der Waals surface area contributed by atoms with Crippen molar-refractivity contribution in [1.29, 1.82) is 0 Å². The number of rotatable bonds is 8. The minimum absolute atomic E-state index is 0.225. The van der Waals surface area contributed by atoms with Crippen LogP contribution in [0.5, 0.6) is 5.75 Å². The minimum atomic E-state index is -0.225. The summed E-state index contributed by atoms with van der Waals surface area (Å²) in [4.78, 5) is 0.